The van der Waals surface area contributed by atoms with Gasteiger partial charge in [0.2, 0.25) is 0 Å². The summed E-state index contributed by atoms with van der Waals surface area (Å²) in [5, 5.41) is 2.22. The van der Waals surface area contributed by atoms with Crippen molar-refractivity contribution >= 4 is 6.03 Å². The molecule has 0 bridgehead atoms. The topological polar surface area (TPSA) is 44.8 Å². The second kappa shape index (κ2) is 11.1. The van der Waals surface area contributed by atoms with Crippen LogP contribution in [-0.2, 0) is 13.0 Å². The van der Waals surface area contributed by atoms with Crippen LogP contribution in [0.5, 0.6) is 5.75 Å². The number of piperidine rings is 1. The minimum absolute atomic E-state index is 0.0303. The van der Waals surface area contributed by atoms with Crippen LogP contribution in [0.4, 0.5) is 9.18 Å². The largest absolute Gasteiger partial charge is 0.493 e. The Morgan fingerprint density at radius 1 is 1.26 bits per heavy atom. The molecule has 2 aromatic rings. The molecule has 1 aliphatic rings. The zero-order valence-electron chi connectivity index (χ0n) is 26.8. The lowest BCUT2D eigenvalue weighted by Gasteiger charge is -2.37. The first-order valence-electron chi connectivity index (χ1n) is 14.8. The maximum Gasteiger partial charge on any atom is 0.318 e. The van der Waals surface area contributed by atoms with Crippen molar-refractivity contribution in [2.75, 3.05) is 26.7 Å². The van der Waals surface area contributed by atoms with Crippen molar-refractivity contribution in [3.63, 3.8) is 0 Å². The first-order valence-corrected chi connectivity index (χ1v) is 10.3. The van der Waals surface area contributed by atoms with E-state index in [2.05, 4.69) is 5.32 Å². The normalized spacial score (nSPS) is 20.2. The average Bonchev–Trinajstić information content (AvgIpc) is 2.86. The molecule has 2 aromatic carbocycles. The lowest BCUT2D eigenvalue weighted by atomic mass is 10.0. The molecule has 6 heteroatoms. The number of halogens is 1. The number of nitrogens with zero attached hydrogens (tertiary/aromatic N) is 2. The highest BCUT2D eigenvalue weighted by Crippen LogP contribution is 2.19. The maximum atomic E-state index is 13.6. The average molecular weight is 437 g/mol. The van der Waals surface area contributed by atoms with Crippen LogP contribution in [0, 0.1) is 11.7 Å². The molecule has 1 saturated heterocycles. The van der Waals surface area contributed by atoms with E-state index >= 15 is 0 Å². The van der Waals surface area contributed by atoms with Gasteiger partial charge in [0.15, 0.2) is 0 Å². The Balaban J connectivity index is 1.91. The highest BCUT2D eigenvalue weighted by Gasteiger charge is 2.27. The van der Waals surface area contributed by atoms with Gasteiger partial charge in [-0.25, -0.2) is 9.18 Å². The van der Waals surface area contributed by atoms with Gasteiger partial charge in [-0.1, -0.05) is 38.1 Å². The molecule has 1 heterocycles. The molecular formula is C25H34FN3O2. The van der Waals surface area contributed by atoms with Gasteiger partial charge in [0, 0.05) is 23.2 Å². The third-order valence-corrected chi connectivity index (χ3v) is 4.89. The van der Waals surface area contributed by atoms with Crippen molar-refractivity contribution in [1.82, 2.24) is 15.1 Å². The van der Waals surface area contributed by atoms with Crippen molar-refractivity contribution in [3.05, 3.63) is 65.4 Å². The molecule has 0 aliphatic carbocycles. The first kappa shape index (κ1) is 13.7. The van der Waals surface area contributed by atoms with Crippen molar-refractivity contribution in [3.8, 4) is 5.75 Å². The smallest absolute Gasteiger partial charge is 0.318 e. The third kappa shape index (κ3) is 7.24. The first-order chi connectivity index (χ1) is 18.5. The molecule has 0 unspecified atom stereocenters. The summed E-state index contributed by atoms with van der Waals surface area (Å²) in [5.41, 5.74) is -0.0852. The van der Waals surface area contributed by atoms with Gasteiger partial charge >= 0.3 is 6.03 Å². The fraction of sp³-hybridized carbons (Fsp3) is 0.480. The Morgan fingerprint density at radius 3 is 2.55 bits per heavy atom. The minimum atomic E-state index is -2.81. The Kier molecular flexibility index (Phi) is 4.94. The Labute approximate surface area is 197 Å². The third-order valence-electron chi connectivity index (χ3n) is 4.89. The van der Waals surface area contributed by atoms with Crippen LogP contribution in [0.1, 0.15) is 50.2 Å². The van der Waals surface area contributed by atoms with Crippen LogP contribution in [-0.4, -0.2) is 48.5 Å². The minimum Gasteiger partial charge on any atom is -0.493 e. The van der Waals surface area contributed by atoms with E-state index in [1.165, 1.54) is 34.1 Å². The van der Waals surface area contributed by atoms with Gasteiger partial charge in [-0.15, -0.1) is 0 Å². The number of ether oxygens (including phenoxy) is 1. The summed E-state index contributed by atoms with van der Waals surface area (Å²) >= 11 is 0. The van der Waals surface area contributed by atoms with Gasteiger partial charge < -0.3 is 19.9 Å². The molecule has 168 valence electrons. The van der Waals surface area contributed by atoms with E-state index in [4.69, 9.17) is 17.1 Å². The highest BCUT2D eigenvalue weighted by molar-refractivity contribution is 5.74. The predicted octanol–water partition coefficient (Wildman–Crippen LogP) is 4.67. The van der Waals surface area contributed by atoms with E-state index in [1.54, 1.807) is 0 Å². The number of hydrogen-bond donors (Lipinski definition) is 1. The number of carbonyl (C=O) groups is 1. The van der Waals surface area contributed by atoms with Gasteiger partial charge in [0.1, 0.15) is 11.6 Å². The molecule has 0 spiro atoms. The monoisotopic (exact) mass is 436 g/mol. The number of amides is 2. The summed E-state index contributed by atoms with van der Waals surface area (Å²) in [4.78, 5) is 16.2. The molecule has 0 radical (unpaired) electrons. The number of benzene rings is 2. The summed E-state index contributed by atoms with van der Waals surface area (Å²) in [7, 11) is 0. The number of nitrogens with one attached hydrogen (secondary N) is 1. The standard InChI is InChI=1S/C25H34FN3O2/c1-19(2)18-31-24-10-6-20(7-11-24)16-27-25(30)29(23-12-14-28(3)15-13-23)17-21-4-8-22(26)9-5-21/h4-11,19,23H,12-18H2,1-3H3,(H,27,30)/i3D3,6D,7D,10D,11D,16D2. The predicted molar refractivity (Wildman–Crippen MR) is 121 cm³/mol. The quantitative estimate of drug-likeness (QED) is 0.654. The van der Waals surface area contributed by atoms with Gasteiger partial charge in [-0.2, -0.15) is 0 Å². The summed E-state index contributed by atoms with van der Waals surface area (Å²) in [6.07, 6.45) is 0.581. The van der Waals surface area contributed by atoms with E-state index in [0.717, 1.165) is 0 Å². The molecule has 1 N–H and O–H groups in total. The summed E-state index contributed by atoms with van der Waals surface area (Å²) < 4.78 is 92.3. The molecule has 5 nitrogen and oxygen atoms in total. The lowest BCUT2D eigenvalue weighted by Crippen LogP contribution is -2.49. The van der Waals surface area contributed by atoms with Gasteiger partial charge in [-0.3, -0.25) is 0 Å². The van der Waals surface area contributed by atoms with Crippen LogP contribution in [0.15, 0.2) is 48.4 Å². The molecule has 31 heavy (non-hydrogen) atoms. The molecule has 1 fully saturated rings. The molecule has 0 atom stereocenters. The maximum absolute atomic E-state index is 13.6. The van der Waals surface area contributed by atoms with Crippen molar-refractivity contribution in [1.29, 1.82) is 0 Å². The van der Waals surface area contributed by atoms with Crippen molar-refractivity contribution in [2.45, 2.75) is 45.8 Å². The zero-order chi connectivity index (χ0) is 30.0. The van der Waals surface area contributed by atoms with Crippen molar-refractivity contribution < 1.29 is 26.3 Å². The highest BCUT2D eigenvalue weighted by atomic mass is 19.1. The van der Waals surface area contributed by atoms with Gasteiger partial charge in [0.05, 0.1) is 14.8 Å². The van der Waals surface area contributed by atoms with Crippen LogP contribution in [0.3, 0.4) is 0 Å². The Hall–Kier alpha value is -2.60. The zero-order valence-corrected chi connectivity index (χ0v) is 17.8. The number of hydrogen-bond acceptors (Lipinski definition) is 3. The number of urea groups is 1. The molecule has 0 aromatic heterocycles. The number of rotatable bonds is 8. The summed E-state index contributed by atoms with van der Waals surface area (Å²) in [6.45, 7) is -0.930. The van der Waals surface area contributed by atoms with Crippen molar-refractivity contribution in [2.24, 2.45) is 5.92 Å². The van der Waals surface area contributed by atoms with E-state index in [-0.39, 0.29) is 37.9 Å². The molecule has 0 saturated carbocycles. The van der Waals surface area contributed by atoms with E-state index < -0.39 is 61.1 Å². The molecule has 3 rings (SSSR count). The lowest BCUT2D eigenvalue weighted by molar-refractivity contribution is 0.127. The summed E-state index contributed by atoms with van der Waals surface area (Å²) in [5.74, 6) is -0.717. The number of carbonyl (C=O) groups excluding carboxylic acids is 1. The Morgan fingerprint density at radius 2 is 1.94 bits per heavy atom. The fourth-order valence-electron chi connectivity index (χ4n) is 3.20. The molecular weight excluding hydrogens is 393 g/mol. The Bertz CT molecular complexity index is 1170. The van der Waals surface area contributed by atoms with E-state index in [1.807, 2.05) is 13.8 Å². The van der Waals surface area contributed by atoms with Gasteiger partial charge in [-0.05, 0) is 74.2 Å². The SMILES string of the molecule is [2H]c1c([2H])c(C([2H])([2H])NC(=O)N(Cc2ccc(F)cc2)C2CCN(C([2H])([2H])[2H])CC2)c([2H])c([2H])c1OCC(C)C. The van der Waals surface area contributed by atoms with Crippen LogP contribution in [0.25, 0.3) is 0 Å². The number of likely N-dealkylation sites (tertiary alicyclic amines) is 1. The molecule has 1 aliphatic heterocycles. The van der Waals surface area contributed by atoms with Crippen LogP contribution >= 0.6 is 0 Å². The second-order valence-corrected chi connectivity index (χ2v) is 7.94. The van der Waals surface area contributed by atoms with E-state index in [9.17, 15) is 9.18 Å². The van der Waals surface area contributed by atoms with Crippen LogP contribution in [0.2, 0.25) is 0 Å². The second-order valence-electron chi connectivity index (χ2n) is 7.94. The fourth-order valence-corrected chi connectivity index (χ4v) is 3.20. The summed E-state index contributed by atoms with van der Waals surface area (Å²) in [6, 6.07) is 1.59. The van der Waals surface area contributed by atoms with Crippen LogP contribution < -0.4 is 10.1 Å². The van der Waals surface area contributed by atoms with E-state index in [0.29, 0.717) is 18.4 Å². The molecule has 2 amide bonds. The van der Waals surface area contributed by atoms with Gasteiger partial charge in [0.25, 0.3) is 0 Å².